The summed E-state index contributed by atoms with van der Waals surface area (Å²) in [6.07, 6.45) is 3.44. The SMILES string of the molecule is CCNC(=O)[C@H]1Cc2ccccc2N1C(=O)/C=C\c1ccc([N+](=O)[O-])cc1. The van der Waals surface area contributed by atoms with Gasteiger partial charge in [0.05, 0.1) is 4.92 Å². The quantitative estimate of drug-likeness (QED) is 0.501. The lowest BCUT2D eigenvalue weighted by atomic mass is 10.1. The van der Waals surface area contributed by atoms with E-state index in [1.807, 2.05) is 31.2 Å². The number of fused-ring (bicyclic) bond motifs is 1. The second-order valence-electron chi connectivity index (χ2n) is 6.13. The summed E-state index contributed by atoms with van der Waals surface area (Å²) in [6, 6.07) is 12.8. The Labute approximate surface area is 156 Å². The van der Waals surface area contributed by atoms with E-state index in [2.05, 4.69) is 5.32 Å². The maximum Gasteiger partial charge on any atom is 0.269 e. The Kier molecular flexibility index (Phi) is 5.30. The minimum atomic E-state index is -0.587. The number of anilines is 1. The van der Waals surface area contributed by atoms with Crippen LogP contribution in [0.25, 0.3) is 6.08 Å². The topological polar surface area (TPSA) is 92.6 Å². The maximum absolute atomic E-state index is 12.8. The monoisotopic (exact) mass is 365 g/mol. The molecule has 1 atom stereocenters. The summed E-state index contributed by atoms with van der Waals surface area (Å²) in [5.41, 5.74) is 2.33. The minimum Gasteiger partial charge on any atom is -0.355 e. The summed E-state index contributed by atoms with van der Waals surface area (Å²) in [5.74, 6) is -0.500. The lowest BCUT2D eigenvalue weighted by Crippen LogP contribution is -2.47. The second-order valence-corrected chi connectivity index (χ2v) is 6.13. The number of nitro benzene ring substituents is 1. The van der Waals surface area contributed by atoms with Crippen molar-refractivity contribution in [3.63, 3.8) is 0 Å². The number of benzene rings is 2. The molecule has 0 spiro atoms. The van der Waals surface area contributed by atoms with Gasteiger partial charge in [0.2, 0.25) is 5.91 Å². The first kappa shape index (κ1) is 18.3. The van der Waals surface area contributed by atoms with Crippen LogP contribution in [0, 0.1) is 10.1 Å². The van der Waals surface area contributed by atoms with Crippen LogP contribution in [0.1, 0.15) is 18.1 Å². The molecule has 0 aliphatic carbocycles. The number of nitro groups is 1. The van der Waals surface area contributed by atoms with Crippen molar-refractivity contribution in [2.75, 3.05) is 11.4 Å². The van der Waals surface area contributed by atoms with Crippen molar-refractivity contribution in [1.82, 2.24) is 5.32 Å². The lowest BCUT2D eigenvalue weighted by molar-refractivity contribution is -0.384. The summed E-state index contributed by atoms with van der Waals surface area (Å²) in [5, 5.41) is 13.5. The van der Waals surface area contributed by atoms with Gasteiger partial charge in [-0.05, 0) is 42.3 Å². The van der Waals surface area contributed by atoms with E-state index in [0.717, 1.165) is 11.3 Å². The standard InChI is InChI=1S/C20H19N3O4/c1-2-21-20(25)18-13-15-5-3-4-6-17(15)22(18)19(24)12-9-14-7-10-16(11-8-14)23(26)27/h3-12,18H,2,13H2,1H3,(H,21,25)/b12-9-/t18-/m1/s1. The highest BCUT2D eigenvalue weighted by Crippen LogP contribution is 2.32. The van der Waals surface area contributed by atoms with E-state index < -0.39 is 11.0 Å². The van der Waals surface area contributed by atoms with Gasteiger partial charge >= 0.3 is 0 Å². The van der Waals surface area contributed by atoms with Crippen molar-refractivity contribution < 1.29 is 14.5 Å². The first-order chi connectivity index (χ1) is 13.0. The fourth-order valence-electron chi connectivity index (χ4n) is 3.12. The summed E-state index contributed by atoms with van der Waals surface area (Å²) >= 11 is 0. The molecule has 1 N–H and O–H groups in total. The second kappa shape index (κ2) is 7.82. The number of non-ortho nitro benzene ring substituents is 1. The molecule has 0 fully saturated rings. The number of hydrogen-bond donors (Lipinski definition) is 1. The Morgan fingerprint density at radius 2 is 1.93 bits per heavy atom. The zero-order valence-electron chi connectivity index (χ0n) is 14.8. The molecule has 2 aromatic rings. The number of rotatable bonds is 5. The average molecular weight is 365 g/mol. The zero-order valence-corrected chi connectivity index (χ0v) is 14.8. The molecular formula is C20H19N3O4. The molecule has 0 unspecified atom stereocenters. The van der Waals surface area contributed by atoms with Gasteiger partial charge in [-0.2, -0.15) is 0 Å². The first-order valence-electron chi connectivity index (χ1n) is 8.62. The fraction of sp³-hybridized carbons (Fsp3) is 0.200. The third-order valence-electron chi connectivity index (χ3n) is 4.39. The van der Waals surface area contributed by atoms with Gasteiger partial charge in [-0.1, -0.05) is 18.2 Å². The molecule has 3 rings (SSSR count). The molecule has 1 aliphatic heterocycles. The van der Waals surface area contributed by atoms with Gasteiger partial charge in [0.1, 0.15) is 6.04 Å². The summed E-state index contributed by atoms with van der Waals surface area (Å²) in [7, 11) is 0. The molecule has 0 aromatic heterocycles. The van der Waals surface area contributed by atoms with Crippen molar-refractivity contribution >= 4 is 29.3 Å². The third-order valence-corrected chi connectivity index (χ3v) is 4.39. The minimum absolute atomic E-state index is 0.0109. The Balaban J connectivity index is 1.83. The van der Waals surface area contributed by atoms with E-state index >= 15 is 0 Å². The van der Waals surface area contributed by atoms with Crippen molar-refractivity contribution in [2.24, 2.45) is 0 Å². The predicted octanol–water partition coefficient (Wildman–Crippen LogP) is 2.70. The number of nitrogens with zero attached hydrogens (tertiary/aromatic N) is 2. The summed E-state index contributed by atoms with van der Waals surface area (Å²) in [6.45, 7) is 2.33. The number of amides is 2. The molecule has 2 amide bonds. The highest BCUT2D eigenvalue weighted by atomic mass is 16.6. The van der Waals surface area contributed by atoms with Crippen LogP contribution in [0.15, 0.2) is 54.6 Å². The highest BCUT2D eigenvalue weighted by Gasteiger charge is 2.37. The van der Waals surface area contributed by atoms with Gasteiger partial charge in [0.25, 0.3) is 11.6 Å². The largest absolute Gasteiger partial charge is 0.355 e. The molecule has 0 radical (unpaired) electrons. The van der Waals surface area contributed by atoms with Crippen LogP contribution in [0.3, 0.4) is 0 Å². The van der Waals surface area contributed by atoms with E-state index in [1.165, 1.54) is 23.1 Å². The molecule has 0 bridgehead atoms. The molecule has 0 saturated heterocycles. The number of hydrogen-bond acceptors (Lipinski definition) is 4. The van der Waals surface area contributed by atoms with Crippen molar-refractivity contribution in [3.05, 3.63) is 75.8 Å². The fourth-order valence-corrected chi connectivity index (χ4v) is 3.12. The molecule has 0 saturated carbocycles. The normalized spacial score (nSPS) is 15.6. The van der Waals surface area contributed by atoms with Crippen LogP contribution >= 0.6 is 0 Å². The van der Waals surface area contributed by atoms with Crippen LogP contribution in [-0.2, 0) is 16.0 Å². The van der Waals surface area contributed by atoms with E-state index in [1.54, 1.807) is 18.2 Å². The van der Waals surface area contributed by atoms with Crippen LogP contribution in [0.2, 0.25) is 0 Å². The van der Waals surface area contributed by atoms with Crippen LogP contribution < -0.4 is 10.2 Å². The summed E-state index contributed by atoms with van der Waals surface area (Å²) in [4.78, 5) is 37.0. The summed E-state index contributed by atoms with van der Waals surface area (Å²) < 4.78 is 0. The molecule has 7 nitrogen and oxygen atoms in total. The number of carbonyl (C=O) groups excluding carboxylic acids is 2. The maximum atomic E-state index is 12.8. The average Bonchev–Trinajstić information content (AvgIpc) is 3.06. The van der Waals surface area contributed by atoms with Gasteiger partial charge in [-0.3, -0.25) is 24.6 Å². The van der Waals surface area contributed by atoms with Crippen molar-refractivity contribution in [2.45, 2.75) is 19.4 Å². The molecule has 2 aromatic carbocycles. The van der Waals surface area contributed by atoms with Crippen LogP contribution in [-0.4, -0.2) is 29.3 Å². The molecule has 1 aliphatic rings. The third kappa shape index (κ3) is 3.87. The molecule has 1 heterocycles. The number of carbonyl (C=O) groups is 2. The van der Waals surface area contributed by atoms with Gasteiger partial charge in [0, 0.05) is 36.9 Å². The van der Waals surface area contributed by atoms with E-state index in [9.17, 15) is 19.7 Å². The zero-order chi connectivity index (χ0) is 19.4. The predicted molar refractivity (Wildman–Crippen MR) is 102 cm³/mol. The number of nitrogens with one attached hydrogen (secondary N) is 1. The van der Waals surface area contributed by atoms with Crippen molar-refractivity contribution in [1.29, 1.82) is 0 Å². The first-order valence-corrected chi connectivity index (χ1v) is 8.62. The number of likely N-dealkylation sites (N-methyl/N-ethyl adjacent to an activating group) is 1. The smallest absolute Gasteiger partial charge is 0.269 e. The molecular weight excluding hydrogens is 346 g/mol. The Hall–Kier alpha value is -3.48. The van der Waals surface area contributed by atoms with E-state index in [-0.39, 0.29) is 17.5 Å². The van der Waals surface area contributed by atoms with Gasteiger partial charge < -0.3 is 5.32 Å². The van der Waals surface area contributed by atoms with Crippen LogP contribution in [0.5, 0.6) is 0 Å². The molecule has 27 heavy (non-hydrogen) atoms. The number of para-hydroxylation sites is 1. The van der Waals surface area contributed by atoms with Gasteiger partial charge in [-0.25, -0.2) is 0 Å². The highest BCUT2D eigenvalue weighted by molar-refractivity contribution is 6.09. The Morgan fingerprint density at radius 1 is 1.22 bits per heavy atom. The lowest BCUT2D eigenvalue weighted by Gasteiger charge is -2.23. The molecule has 7 heteroatoms. The Bertz CT molecular complexity index is 906. The van der Waals surface area contributed by atoms with Crippen LogP contribution in [0.4, 0.5) is 11.4 Å². The molecule has 138 valence electrons. The van der Waals surface area contributed by atoms with Crippen molar-refractivity contribution in [3.8, 4) is 0 Å². The van der Waals surface area contributed by atoms with Gasteiger partial charge in [0.15, 0.2) is 0 Å². The Morgan fingerprint density at radius 3 is 2.59 bits per heavy atom. The van der Waals surface area contributed by atoms with E-state index in [0.29, 0.717) is 18.5 Å². The van der Waals surface area contributed by atoms with Gasteiger partial charge in [-0.15, -0.1) is 0 Å². The van der Waals surface area contributed by atoms with E-state index in [4.69, 9.17) is 0 Å².